The standard InChI is InChI=1S/C22H32N4O2/c1-16-7-5-6-12-26(16)22(28)21(27)25-13-10-18(11-14-25)20-19(15-23-24-20)17-8-3-2-4-9-17/h2-4,8-9,16,18-20,23-24H,5-7,10-15H2,1H3. The van der Waals surface area contributed by atoms with E-state index in [0.717, 1.165) is 45.2 Å². The number of hydrazine groups is 1. The van der Waals surface area contributed by atoms with E-state index in [9.17, 15) is 9.59 Å². The Morgan fingerprint density at radius 2 is 1.71 bits per heavy atom. The van der Waals surface area contributed by atoms with Crippen LogP contribution in [-0.2, 0) is 9.59 Å². The third-order valence-electron chi connectivity index (χ3n) is 6.83. The van der Waals surface area contributed by atoms with Crippen molar-refractivity contribution >= 4 is 11.8 Å². The molecular formula is C22H32N4O2. The van der Waals surface area contributed by atoms with E-state index in [1.807, 2.05) is 0 Å². The molecule has 4 rings (SSSR count). The smallest absolute Gasteiger partial charge is 0.312 e. The number of piperidine rings is 2. The van der Waals surface area contributed by atoms with Crippen LogP contribution in [0.1, 0.15) is 50.5 Å². The summed E-state index contributed by atoms with van der Waals surface area (Å²) in [5.74, 6) is 0.357. The average Bonchev–Trinajstić information content (AvgIpc) is 3.24. The molecule has 3 atom stereocenters. The van der Waals surface area contributed by atoms with Gasteiger partial charge in [0.05, 0.1) is 0 Å². The number of nitrogens with one attached hydrogen (secondary N) is 2. The van der Waals surface area contributed by atoms with E-state index in [1.54, 1.807) is 9.80 Å². The van der Waals surface area contributed by atoms with Crippen LogP contribution >= 0.6 is 0 Å². The van der Waals surface area contributed by atoms with Crippen LogP contribution in [0.15, 0.2) is 30.3 Å². The number of hydrogen-bond donors (Lipinski definition) is 2. The molecule has 2 amide bonds. The van der Waals surface area contributed by atoms with Gasteiger partial charge in [-0.25, -0.2) is 0 Å². The zero-order chi connectivity index (χ0) is 19.5. The SMILES string of the molecule is CC1CCCCN1C(=O)C(=O)N1CCC(C2NNCC2c2ccccc2)CC1. The third kappa shape index (κ3) is 3.94. The maximum Gasteiger partial charge on any atom is 0.312 e. The normalized spacial score (nSPS) is 29.1. The van der Waals surface area contributed by atoms with E-state index >= 15 is 0 Å². The van der Waals surface area contributed by atoms with E-state index in [0.29, 0.717) is 31.0 Å². The molecule has 0 bridgehead atoms. The van der Waals surface area contributed by atoms with Gasteiger partial charge in [0.2, 0.25) is 0 Å². The summed E-state index contributed by atoms with van der Waals surface area (Å²) < 4.78 is 0. The first kappa shape index (κ1) is 19.4. The monoisotopic (exact) mass is 384 g/mol. The van der Waals surface area contributed by atoms with Crippen molar-refractivity contribution in [2.45, 2.75) is 57.0 Å². The van der Waals surface area contributed by atoms with Gasteiger partial charge in [-0.1, -0.05) is 30.3 Å². The fourth-order valence-electron chi connectivity index (χ4n) is 5.11. The molecule has 3 heterocycles. The second-order valence-electron chi connectivity index (χ2n) is 8.54. The molecule has 2 N–H and O–H groups in total. The highest BCUT2D eigenvalue weighted by molar-refractivity contribution is 6.35. The lowest BCUT2D eigenvalue weighted by molar-refractivity contribution is -0.154. The van der Waals surface area contributed by atoms with Crippen LogP contribution in [0.5, 0.6) is 0 Å². The molecule has 6 heteroatoms. The number of carbonyl (C=O) groups excluding carboxylic acids is 2. The number of likely N-dealkylation sites (tertiary alicyclic amines) is 2. The Morgan fingerprint density at radius 1 is 0.964 bits per heavy atom. The Kier molecular flexibility index (Phi) is 5.97. The first-order chi connectivity index (χ1) is 13.6. The number of carbonyl (C=O) groups is 2. The van der Waals surface area contributed by atoms with Crippen molar-refractivity contribution in [3.05, 3.63) is 35.9 Å². The molecule has 1 aromatic carbocycles. The molecule has 152 valence electrons. The summed E-state index contributed by atoms with van der Waals surface area (Å²) in [5.41, 5.74) is 8.16. The minimum absolute atomic E-state index is 0.183. The van der Waals surface area contributed by atoms with Crippen LogP contribution in [0.2, 0.25) is 0 Å². The number of amides is 2. The maximum absolute atomic E-state index is 12.8. The van der Waals surface area contributed by atoms with Crippen molar-refractivity contribution in [1.29, 1.82) is 0 Å². The van der Waals surface area contributed by atoms with Crippen LogP contribution in [0.4, 0.5) is 0 Å². The van der Waals surface area contributed by atoms with Gasteiger partial charge >= 0.3 is 11.8 Å². The van der Waals surface area contributed by atoms with Crippen LogP contribution in [-0.4, -0.2) is 59.9 Å². The van der Waals surface area contributed by atoms with Crippen LogP contribution < -0.4 is 10.9 Å². The zero-order valence-electron chi connectivity index (χ0n) is 16.8. The molecule has 6 nitrogen and oxygen atoms in total. The minimum atomic E-state index is -0.302. The summed E-state index contributed by atoms with van der Waals surface area (Å²) >= 11 is 0. The molecule has 0 aromatic heterocycles. The topological polar surface area (TPSA) is 64.7 Å². The summed E-state index contributed by atoms with van der Waals surface area (Å²) in [6, 6.07) is 11.2. The summed E-state index contributed by atoms with van der Waals surface area (Å²) in [7, 11) is 0. The molecule has 0 radical (unpaired) electrons. The van der Waals surface area contributed by atoms with E-state index in [2.05, 4.69) is 48.1 Å². The van der Waals surface area contributed by atoms with Crippen molar-refractivity contribution < 1.29 is 9.59 Å². The van der Waals surface area contributed by atoms with Gasteiger partial charge in [0.1, 0.15) is 0 Å². The van der Waals surface area contributed by atoms with Crippen molar-refractivity contribution in [3.63, 3.8) is 0 Å². The Morgan fingerprint density at radius 3 is 2.43 bits per heavy atom. The molecule has 3 saturated heterocycles. The molecule has 0 spiro atoms. The van der Waals surface area contributed by atoms with Crippen LogP contribution in [0, 0.1) is 5.92 Å². The molecule has 3 unspecified atom stereocenters. The van der Waals surface area contributed by atoms with Crippen molar-refractivity contribution in [1.82, 2.24) is 20.7 Å². The molecule has 3 aliphatic rings. The van der Waals surface area contributed by atoms with Gasteiger partial charge in [-0.2, -0.15) is 0 Å². The quantitative estimate of drug-likeness (QED) is 0.765. The fourth-order valence-corrected chi connectivity index (χ4v) is 5.11. The minimum Gasteiger partial charge on any atom is -0.334 e. The van der Waals surface area contributed by atoms with E-state index in [4.69, 9.17) is 0 Å². The van der Waals surface area contributed by atoms with E-state index in [1.165, 1.54) is 5.56 Å². The maximum atomic E-state index is 12.8. The molecule has 3 aliphatic heterocycles. The number of benzene rings is 1. The van der Waals surface area contributed by atoms with Gasteiger partial charge in [0.25, 0.3) is 0 Å². The van der Waals surface area contributed by atoms with Crippen LogP contribution in [0.3, 0.4) is 0 Å². The summed E-state index contributed by atoms with van der Waals surface area (Å²) in [6.07, 6.45) is 5.04. The molecule has 0 saturated carbocycles. The number of hydrogen-bond acceptors (Lipinski definition) is 4. The summed E-state index contributed by atoms with van der Waals surface area (Å²) in [6.45, 7) is 5.06. The largest absolute Gasteiger partial charge is 0.334 e. The van der Waals surface area contributed by atoms with Gasteiger partial charge in [-0.3, -0.25) is 20.4 Å². The average molecular weight is 385 g/mol. The Hall–Kier alpha value is -1.92. The van der Waals surface area contributed by atoms with Gasteiger partial charge in [-0.05, 0) is 50.5 Å². The lowest BCUT2D eigenvalue weighted by Crippen LogP contribution is -2.53. The summed E-state index contributed by atoms with van der Waals surface area (Å²) in [4.78, 5) is 29.0. The Bertz CT molecular complexity index is 687. The second kappa shape index (κ2) is 8.62. The first-order valence-electron chi connectivity index (χ1n) is 10.8. The predicted octanol–water partition coefficient (Wildman–Crippen LogP) is 1.89. The highest BCUT2D eigenvalue weighted by Crippen LogP contribution is 2.32. The Balaban J connectivity index is 1.34. The molecule has 3 fully saturated rings. The fraction of sp³-hybridized carbons (Fsp3) is 0.636. The van der Waals surface area contributed by atoms with Gasteiger partial charge in [0, 0.05) is 44.2 Å². The van der Waals surface area contributed by atoms with Crippen molar-refractivity contribution in [3.8, 4) is 0 Å². The first-order valence-corrected chi connectivity index (χ1v) is 10.8. The van der Waals surface area contributed by atoms with Crippen molar-refractivity contribution in [2.75, 3.05) is 26.2 Å². The lowest BCUT2D eigenvalue weighted by Gasteiger charge is -2.38. The van der Waals surface area contributed by atoms with Gasteiger partial charge in [0.15, 0.2) is 0 Å². The zero-order valence-corrected chi connectivity index (χ0v) is 16.8. The predicted molar refractivity (Wildman–Crippen MR) is 108 cm³/mol. The number of nitrogens with zero attached hydrogens (tertiary/aromatic N) is 2. The van der Waals surface area contributed by atoms with Crippen molar-refractivity contribution in [2.24, 2.45) is 5.92 Å². The third-order valence-corrected chi connectivity index (χ3v) is 6.83. The van der Waals surface area contributed by atoms with E-state index in [-0.39, 0.29) is 17.9 Å². The second-order valence-corrected chi connectivity index (χ2v) is 8.54. The van der Waals surface area contributed by atoms with Crippen LogP contribution in [0.25, 0.3) is 0 Å². The summed E-state index contributed by atoms with van der Waals surface area (Å²) in [5, 5.41) is 0. The molecular weight excluding hydrogens is 352 g/mol. The van der Waals surface area contributed by atoms with Gasteiger partial charge < -0.3 is 9.80 Å². The Labute approximate surface area is 167 Å². The lowest BCUT2D eigenvalue weighted by atomic mass is 9.80. The molecule has 28 heavy (non-hydrogen) atoms. The highest BCUT2D eigenvalue weighted by Gasteiger charge is 2.38. The van der Waals surface area contributed by atoms with Gasteiger partial charge in [-0.15, -0.1) is 0 Å². The molecule has 1 aromatic rings. The number of rotatable bonds is 2. The molecule has 0 aliphatic carbocycles. The highest BCUT2D eigenvalue weighted by atomic mass is 16.2. The van der Waals surface area contributed by atoms with E-state index < -0.39 is 0 Å².